The molecule has 2 aromatic carbocycles. The number of carbonyl (C=O) groups excluding carboxylic acids is 2. The molecular weight excluding hydrogens is 544 g/mol. The highest BCUT2D eigenvalue weighted by atomic mass is 28.3. The molecule has 0 N–H and O–H groups in total. The van der Waals surface area contributed by atoms with Crippen molar-refractivity contribution in [2.45, 2.75) is 61.4 Å². The van der Waals surface area contributed by atoms with E-state index in [-0.39, 0.29) is 32.7 Å². The number of ether oxygens (including phenoxy) is 3. The van der Waals surface area contributed by atoms with Crippen molar-refractivity contribution in [3.05, 3.63) is 83.9 Å². The normalized spacial score (nSPS) is 16.2. The summed E-state index contributed by atoms with van der Waals surface area (Å²) >= 11 is 0. The van der Waals surface area contributed by atoms with Crippen LogP contribution in [-0.4, -0.2) is 77.1 Å². The van der Waals surface area contributed by atoms with Gasteiger partial charge >= 0.3 is 11.9 Å². The second-order valence-electron chi connectivity index (χ2n) is 11.3. The molecule has 0 aliphatic carbocycles. The molecule has 0 radical (unpaired) electrons. The largest absolute Gasteiger partial charge is 0.469 e. The molecule has 0 amide bonds. The van der Waals surface area contributed by atoms with E-state index in [1.165, 1.54) is 37.6 Å². The number of nitrogens with zero attached hydrogens (tertiary/aromatic N) is 2. The summed E-state index contributed by atoms with van der Waals surface area (Å²) in [5.74, 6) is 0.0328. The third-order valence-corrected chi connectivity index (χ3v) is 7.60. The highest BCUT2D eigenvalue weighted by Gasteiger charge is 2.35. The Kier molecular flexibility index (Phi) is 22.4. The highest BCUT2D eigenvalue weighted by molar-refractivity contribution is 6.76. The summed E-state index contributed by atoms with van der Waals surface area (Å²) in [5, 5.41) is 0. The minimum Gasteiger partial charge on any atom is -0.469 e. The Morgan fingerprint density at radius 3 is 1.88 bits per heavy atom. The third-order valence-electron chi connectivity index (χ3n) is 6.20. The fourth-order valence-electron chi connectivity index (χ4n) is 4.54. The molecule has 1 heterocycles. The van der Waals surface area contributed by atoms with E-state index < -0.39 is 8.07 Å². The van der Waals surface area contributed by atoms with Crippen LogP contribution in [0.3, 0.4) is 0 Å². The number of carbonyl (C=O) groups is 2. The van der Waals surface area contributed by atoms with Crippen LogP contribution in [0.5, 0.6) is 0 Å². The zero-order valence-electron chi connectivity index (χ0n) is 25.8. The monoisotopic (exact) mass is 602 g/mol. The van der Waals surface area contributed by atoms with E-state index >= 15 is 0 Å². The molecule has 238 valence electrons. The van der Waals surface area contributed by atoms with Crippen molar-refractivity contribution >= 4 is 20.0 Å². The first-order valence-corrected chi connectivity index (χ1v) is 17.5. The van der Waals surface area contributed by atoms with Crippen molar-refractivity contribution in [3.8, 4) is 0 Å². The molecule has 3 rings (SSSR count). The van der Waals surface area contributed by atoms with E-state index in [0.717, 1.165) is 32.9 Å². The van der Waals surface area contributed by atoms with Crippen LogP contribution in [0.4, 0.5) is 0 Å². The molecule has 2 aromatic rings. The average Bonchev–Trinajstić information content (AvgIpc) is 3.29. The fourth-order valence-corrected chi connectivity index (χ4v) is 6.09. The Bertz CT molecular complexity index is 996. The molecule has 42 heavy (non-hydrogen) atoms. The fraction of sp³-hybridized carbons (Fsp3) is 0.529. The summed E-state index contributed by atoms with van der Waals surface area (Å²) in [6.07, 6.45) is 4.17. The number of allylic oxidation sites excluding steroid dienone is 1. The van der Waals surface area contributed by atoms with Crippen molar-refractivity contribution in [2.24, 2.45) is 11.8 Å². The molecule has 0 aromatic heterocycles. The highest BCUT2D eigenvalue weighted by Crippen LogP contribution is 2.25. The van der Waals surface area contributed by atoms with Crippen LogP contribution in [0.25, 0.3) is 0 Å². The van der Waals surface area contributed by atoms with E-state index in [4.69, 9.17) is 9.47 Å². The van der Waals surface area contributed by atoms with Crippen LogP contribution >= 0.6 is 0 Å². The molecule has 1 aliphatic rings. The maximum Gasteiger partial charge on any atom is 0.330 e. The van der Waals surface area contributed by atoms with E-state index in [1.807, 2.05) is 18.2 Å². The van der Waals surface area contributed by atoms with Gasteiger partial charge in [-0.2, -0.15) is 0 Å². The standard InChI is InChI=1S/C14H19NO2.C13H23NOSi.C5H8O2.2CH4/c1-11-8-15(10-13(11)14(16)17-2)9-12-6-4-3-5-7-12;1-15-11-14(12-16(2,3)4)10-13-8-6-5-7-9-13;1-3-4-5(6)7-2;;/h3-7,11,13H,8-10H2,1-2H3;5-9H,10-12H2,1-4H3;3-4H,1-2H3;2*1H4/b;;4-3+;;. The third kappa shape index (κ3) is 17.9. The lowest BCUT2D eigenvalue weighted by molar-refractivity contribution is -0.146. The van der Waals surface area contributed by atoms with Crippen LogP contribution in [0.2, 0.25) is 19.6 Å². The minimum absolute atomic E-state index is 0. The number of esters is 2. The molecule has 1 fully saturated rings. The van der Waals surface area contributed by atoms with Gasteiger partial charge in [0.2, 0.25) is 0 Å². The van der Waals surface area contributed by atoms with Gasteiger partial charge < -0.3 is 14.2 Å². The lowest BCUT2D eigenvalue weighted by atomic mass is 9.99. The Labute approximate surface area is 257 Å². The van der Waals surface area contributed by atoms with Crippen molar-refractivity contribution in [1.29, 1.82) is 0 Å². The van der Waals surface area contributed by atoms with Gasteiger partial charge in [-0.15, -0.1) is 0 Å². The van der Waals surface area contributed by atoms with Crippen LogP contribution in [0, 0.1) is 11.8 Å². The molecule has 0 bridgehead atoms. The Hall–Kier alpha value is -2.78. The molecule has 8 heteroatoms. The summed E-state index contributed by atoms with van der Waals surface area (Å²) < 4.78 is 14.4. The number of methoxy groups -OCH3 is 3. The van der Waals surface area contributed by atoms with E-state index in [0.29, 0.717) is 5.92 Å². The molecule has 1 aliphatic heterocycles. The van der Waals surface area contributed by atoms with Gasteiger partial charge in [-0.05, 0) is 30.1 Å². The van der Waals surface area contributed by atoms with Gasteiger partial charge in [0.05, 0.1) is 34.9 Å². The first-order chi connectivity index (χ1) is 19.0. The van der Waals surface area contributed by atoms with Gasteiger partial charge in [-0.1, -0.05) is 108 Å². The molecule has 7 nitrogen and oxygen atoms in total. The average molecular weight is 603 g/mol. The van der Waals surface area contributed by atoms with Gasteiger partial charge in [-0.25, -0.2) is 4.79 Å². The molecule has 2 atom stereocenters. The van der Waals surface area contributed by atoms with Gasteiger partial charge in [0.25, 0.3) is 0 Å². The smallest absolute Gasteiger partial charge is 0.330 e. The number of likely N-dealkylation sites (tertiary alicyclic amines) is 1. The maximum absolute atomic E-state index is 11.6. The second kappa shape index (κ2) is 22.8. The van der Waals surface area contributed by atoms with Crippen LogP contribution in [0.15, 0.2) is 72.8 Å². The summed E-state index contributed by atoms with van der Waals surface area (Å²) in [7, 11) is 3.52. The summed E-state index contributed by atoms with van der Waals surface area (Å²) in [5.41, 5.74) is 2.66. The molecule has 0 spiro atoms. The van der Waals surface area contributed by atoms with Gasteiger partial charge in [-0.3, -0.25) is 14.6 Å². The van der Waals surface area contributed by atoms with Crippen molar-refractivity contribution in [3.63, 3.8) is 0 Å². The molecule has 2 unspecified atom stereocenters. The van der Waals surface area contributed by atoms with E-state index in [9.17, 15) is 9.59 Å². The second-order valence-corrected chi connectivity index (χ2v) is 16.7. The summed E-state index contributed by atoms with van der Waals surface area (Å²) in [6, 6.07) is 20.9. The Morgan fingerprint density at radius 1 is 0.905 bits per heavy atom. The minimum atomic E-state index is -1.07. The van der Waals surface area contributed by atoms with Gasteiger partial charge in [0, 0.05) is 39.4 Å². The van der Waals surface area contributed by atoms with E-state index in [2.05, 4.69) is 83.6 Å². The van der Waals surface area contributed by atoms with Crippen LogP contribution < -0.4 is 0 Å². The molecule has 1 saturated heterocycles. The lowest BCUT2D eigenvalue weighted by Crippen LogP contribution is -2.40. The maximum atomic E-state index is 11.6. The van der Waals surface area contributed by atoms with Crippen molar-refractivity contribution < 1.29 is 23.8 Å². The SMILES string of the molecule is C.C.C/C=C/C(=O)OC.COC(=O)C1CN(Cc2ccccc2)CC1C.COCN(Cc1ccccc1)C[Si](C)(C)C. The predicted octanol–water partition coefficient (Wildman–Crippen LogP) is 6.91. The van der Waals surface area contributed by atoms with E-state index in [1.54, 1.807) is 20.1 Å². The quantitative estimate of drug-likeness (QED) is 0.127. The Morgan fingerprint density at radius 2 is 1.45 bits per heavy atom. The topological polar surface area (TPSA) is 68.3 Å². The molecular formula is C34H58N2O5Si. The lowest BCUT2D eigenvalue weighted by Gasteiger charge is -2.28. The number of benzene rings is 2. The zero-order chi connectivity index (χ0) is 30.0. The summed E-state index contributed by atoms with van der Waals surface area (Å²) in [4.78, 5) is 26.4. The van der Waals surface area contributed by atoms with Gasteiger partial charge in [0.1, 0.15) is 0 Å². The zero-order valence-corrected chi connectivity index (χ0v) is 26.8. The number of hydrogen-bond acceptors (Lipinski definition) is 7. The molecule has 0 saturated carbocycles. The first-order valence-electron chi connectivity index (χ1n) is 13.8. The Balaban J connectivity index is 0. The van der Waals surface area contributed by atoms with Crippen molar-refractivity contribution in [1.82, 2.24) is 9.80 Å². The number of rotatable bonds is 10. The number of hydrogen-bond donors (Lipinski definition) is 0. The van der Waals surface area contributed by atoms with Crippen LogP contribution in [0.1, 0.15) is 39.8 Å². The van der Waals surface area contributed by atoms with Crippen LogP contribution in [-0.2, 0) is 36.9 Å². The predicted molar refractivity (Wildman–Crippen MR) is 179 cm³/mol. The van der Waals surface area contributed by atoms with Crippen molar-refractivity contribution in [2.75, 3.05) is 47.3 Å². The van der Waals surface area contributed by atoms with Gasteiger partial charge in [0.15, 0.2) is 0 Å². The first kappa shape index (κ1) is 41.4. The summed E-state index contributed by atoms with van der Waals surface area (Å²) in [6.45, 7) is 15.4.